The molecule has 0 saturated heterocycles. The Balaban J connectivity index is 1.84. The molecule has 0 amide bonds. The van der Waals surface area contributed by atoms with Gasteiger partial charge in [-0.05, 0) is 29.9 Å². The van der Waals surface area contributed by atoms with E-state index in [-0.39, 0.29) is 0 Å². The molecule has 0 aliphatic heterocycles. The predicted octanol–water partition coefficient (Wildman–Crippen LogP) is 3.20. The van der Waals surface area contributed by atoms with Crippen molar-refractivity contribution in [1.29, 1.82) is 5.26 Å². The minimum Gasteiger partial charge on any atom is -0.243 e. The summed E-state index contributed by atoms with van der Waals surface area (Å²) in [4.78, 5) is 0. The minimum atomic E-state index is 0.481. The predicted molar refractivity (Wildman–Crippen MR) is 76.3 cm³/mol. The average Bonchev–Trinajstić information content (AvgIpc) is 3.21. The zero-order chi connectivity index (χ0) is 14.1. The topological polar surface area (TPSA) is 54.5 Å². The summed E-state index contributed by atoms with van der Waals surface area (Å²) < 4.78 is 1.89. The highest BCUT2D eigenvalue weighted by atomic mass is 15.4. The second-order valence-corrected chi connectivity index (χ2v) is 5.76. The summed E-state index contributed by atoms with van der Waals surface area (Å²) in [6.45, 7) is 5.08. The minimum absolute atomic E-state index is 0.481. The Morgan fingerprint density at radius 3 is 2.55 bits per heavy atom. The van der Waals surface area contributed by atoms with Crippen LogP contribution in [0.1, 0.15) is 61.0 Å². The van der Waals surface area contributed by atoms with E-state index in [0.29, 0.717) is 24.1 Å². The fourth-order valence-corrected chi connectivity index (χ4v) is 2.46. The first-order chi connectivity index (χ1) is 9.69. The third-order valence-corrected chi connectivity index (χ3v) is 3.82. The van der Waals surface area contributed by atoms with E-state index in [2.05, 4.69) is 54.5 Å². The smallest absolute Gasteiger partial charge is 0.186 e. The monoisotopic (exact) mass is 266 g/mol. The van der Waals surface area contributed by atoms with Gasteiger partial charge < -0.3 is 0 Å². The van der Waals surface area contributed by atoms with E-state index < -0.39 is 0 Å². The van der Waals surface area contributed by atoms with Gasteiger partial charge in [-0.3, -0.25) is 0 Å². The summed E-state index contributed by atoms with van der Waals surface area (Å²) in [6, 6.07) is 10.8. The Morgan fingerprint density at radius 1 is 1.30 bits per heavy atom. The molecule has 4 heteroatoms. The lowest BCUT2D eigenvalue weighted by molar-refractivity contribution is 0.619. The molecule has 1 fully saturated rings. The molecular weight excluding hydrogens is 248 g/mol. The molecule has 1 saturated carbocycles. The third-order valence-electron chi connectivity index (χ3n) is 3.82. The molecule has 1 aromatic carbocycles. The molecule has 0 bridgehead atoms. The van der Waals surface area contributed by atoms with Crippen molar-refractivity contribution in [3.63, 3.8) is 0 Å². The molecule has 102 valence electrons. The Hall–Kier alpha value is -2.15. The molecule has 20 heavy (non-hydrogen) atoms. The van der Waals surface area contributed by atoms with Crippen molar-refractivity contribution >= 4 is 0 Å². The van der Waals surface area contributed by atoms with Gasteiger partial charge in [0.15, 0.2) is 5.69 Å². The van der Waals surface area contributed by atoms with Crippen molar-refractivity contribution in [2.75, 3.05) is 0 Å². The van der Waals surface area contributed by atoms with Crippen LogP contribution in [0.2, 0.25) is 0 Å². The maximum absolute atomic E-state index is 9.11. The van der Waals surface area contributed by atoms with E-state index in [9.17, 15) is 0 Å². The number of rotatable bonds is 4. The Kier molecular flexibility index (Phi) is 3.27. The number of hydrogen-bond donors (Lipinski definition) is 0. The van der Waals surface area contributed by atoms with Gasteiger partial charge in [0.1, 0.15) is 6.07 Å². The molecule has 1 aliphatic rings. The van der Waals surface area contributed by atoms with E-state index in [4.69, 9.17) is 5.26 Å². The van der Waals surface area contributed by atoms with Crippen molar-refractivity contribution < 1.29 is 0 Å². The fraction of sp³-hybridized carbons (Fsp3) is 0.438. The van der Waals surface area contributed by atoms with E-state index in [1.165, 1.54) is 11.1 Å². The summed E-state index contributed by atoms with van der Waals surface area (Å²) in [6.07, 6.45) is 2.29. The van der Waals surface area contributed by atoms with Gasteiger partial charge in [0.2, 0.25) is 0 Å². The quantitative estimate of drug-likeness (QED) is 0.854. The van der Waals surface area contributed by atoms with E-state index >= 15 is 0 Å². The lowest BCUT2D eigenvalue weighted by Gasteiger charge is -2.08. The second-order valence-electron chi connectivity index (χ2n) is 5.76. The molecule has 0 unspecified atom stereocenters. The molecule has 0 atom stereocenters. The van der Waals surface area contributed by atoms with E-state index in [0.717, 1.165) is 18.5 Å². The third kappa shape index (κ3) is 2.44. The highest BCUT2D eigenvalue weighted by Gasteiger charge is 2.31. The van der Waals surface area contributed by atoms with Crippen LogP contribution >= 0.6 is 0 Å². The summed E-state index contributed by atoms with van der Waals surface area (Å²) in [5, 5.41) is 17.2. The highest BCUT2D eigenvalue weighted by molar-refractivity contribution is 5.32. The lowest BCUT2D eigenvalue weighted by atomic mass is 10.0. The van der Waals surface area contributed by atoms with Crippen LogP contribution in [-0.2, 0) is 6.54 Å². The molecule has 1 aliphatic carbocycles. The fourth-order valence-electron chi connectivity index (χ4n) is 2.46. The van der Waals surface area contributed by atoms with Gasteiger partial charge in [0.05, 0.1) is 12.2 Å². The Labute approximate surface area is 119 Å². The number of nitrogens with zero attached hydrogens (tertiary/aromatic N) is 4. The SMILES string of the molecule is CC(C)c1ccc(Cn2nnc(C#N)c2C2CC2)cc1. The molecule has 4 nitrogen and oxygen atoms in total. The molecule has 1 aromatic heterocycles. The molecule has 0 radical (unpaired) electrons. The van der Waals surface area contributed by atoms with Crippen LogP contribution in [0.3, 0.4) is 0 Å². The van der Waals surface area contributed by atoms with Crippen LogP contribution in [0.25, 0.3) is 0 Å². The first-order valence-corrected chi connectivity index (χ1v) is 7.11. The van der Waals surface area contributed by atoms with Crippen molar-refractivity contribution in [3.8, 4) is 6.07 Å². The van der Waals surface area contributed by atoms with Crippen molar-refractivity contribution in [2.45, 2.75) is 45.1 Å². The molecule has 3 rings (SSSR count). The van der Waals surface area contributed by atoms with E-state index in [1.54, 1.807) is 0 Å². The maximum atomic E-state index is 9.11. The van der Waals surface area contributed by atoms with Gasteiger partial charge in [-0.2, -0.15) is 5.26 Å². The number of hydrogen-bond acceptors (Lipinski definition) is 3. The average molecular weight is 266 g/mol. The van der Waals surface area contributed by atoms with Gasteiger partial charge in [-0.25, -0.2) is 4.68 Å². The summed E-state index contributed by atoms with van der Waals surface area (Å²) in [7, 11) is 0. The van der Waals surface area contributed by atoms with Gasteiger partial charge in [0, 0.05) is 5.92 Å². The van der Waals surface area contributed by atoms with Gasteiger partial charge >= 0.3 is 0 Å². The second kappa shape index (κ2) is 5.09. The van der Waals surface area contributed by atoms with Crippen LogP contribution < -0.4 is 0 Å². The van der Waals surface area contributed by atoms with E-state index in [1.807, 2.05) is 4.68 Å². The summed E-state index contributed by atoms with van der Waals surface area (Å²) in [5.74, 6) is 1.03. The number of aromatic nitrogens is 3. The summed E-state index contributed by atoms with van der Waals surface area (Å²) in [5.41, 5.74) is 4.05. The van der Waals surface area contributed by atoms with Crippen LogP contribution in [-0.4, -0.2) is 15.0 Å². The molecule has 0 spiro atoms. The van der Waals surface area contributed by atoms with Crippen molar-refractivity contribution in [2.24, 2.45) is 0 Å². The van der Waals surface area contributed by atoms with Crippen LogP contribution in [0.4, 0.5) is 0 Å². The van der Waals surface area contributed by atoms with Gasteiger partial charge in [-0.1, -0.05) is 43.3 Å². The summed E-state index contributed by atoms with van der Waals surface area (Å²) >= 11 is 0. The molecule has 0 N–H and O–H groups in total. The standard InChI is InChI=1S/C16H18N4/c1-11(2)13-5-3-12(4-6-13)10-20-16(14-7-8-14)15(9-17)18-19-20/h3-6,11,14H,7-8,10H2,1-2H3. The normalized spacial score (nSPS) is 14.5. The highest BCUT2D eigenvalue weighted by Crippen LogP contribution is 2.41. The Bertz CT molecular complexity index is 642. The van der Waals surface area contributed by atoms with Crippen LogP contribution in [0, 0.1) is 11.3 Å². The number of benzene rings is 1. The van der Waals surface area contributed by atoms with Gasteiger partial charge in [0.25, 0.3) is 0 Å². The zero-order valence-corrected chi connectivity index (χ0v) is 11.9. The first kappa shape index (κ1) is 12.9. The van der Waals surface area contributed by atoms with Crippen molar-refractivity contribution in [1.82, 2.24) is 15.0 Å². The van der Waals surface area contributed by atoms with Crippen molar-refractivity contribution in [3.05, 3.63) is 46.8 Å². The molecular formula is C16H18N4. The first-order valence-electron chi connectivity index (χ1n) is 7.11. The Morgan fingerprint density at radius 2 is 2.00 bits per heavy atom. The molecule has 2 aromatic rings. The largest absolute Gasteiger partial charge is 0.243 e. The molecule has 1 heterocycles. The number of nitriles is 1. The van der Waals surface area contributed by atoms with Crippen LogP contribution in [0.5, 0.6) is 0 Å². The van der Waals surface area contributed by atoms with Crippen LogP contribution in [0.15, 0.2) is 24.3 Å². The maximum Gasteiger partial charge on any atom is 0.186 e. The zero-order valence-electron chi connectivity index (χ0n) is 11.9. The van der Waals surface area contributed by atoms with Gasteiger partial charge in [-0.15, -0.1) is 5.10 Å². The lowest BCUT2D eigenvalue weighted by Crippen LogP contribution is -2.06.